The van der Waals surface area contributed by atoms with Crippen molar-refractivity contribution in [1.82, 2.24) is 0 Å². The Morgan fingerprint density at radius 1 is 0.469 bits per heavy atom. The largest absolute Gasteiger partial charge is 0.0776 e. The molecule has 1 aliphatic rings. The van der Waals surface area contributed by atoms with Gasteiger partial charge in [0.1, 0.15) is 0 Å². The lowest BCUT2D eigenvalue weighted by atomic mass is 9.67. The van der Waals surface area contributed by atoms with E-state index in [2.05, 4.69) is 111 Å². The summed E-state index contributed by atoms with van der Waals surface area (Å²) in [6, 6.07) is 35.7. The Morgan fingerprint density at radius 3 is 1.16 bits per heavy atom. The molecular weight excluding hydrogens is 384 g/mol. The van der Waals surface area contributed by atoms with E-state index in [1.54, 1.807) is 0 Å². The molecule has 0 amide bonds. The molecule has 0 atom stereocenters. The van der Waals surface area contributed by atoms with Gasteiger partial charge in [-0.15, -0.1) is 0 Å². The molecule has 0 heteroatoms. The molecule has 168 valence electrons. The molecule has 0 spiro atoms. The van der Waals surface area contributed by atoms with Crippen LogP contribution in [-0.4, -0.2) is 0 Å². The second-order valence-corrected chi connectivity index (χ2v) is 7.58. The Kier molecular flexibility index (Phi) is 9.21. The highest BCUT2D eigenvalue weighted by molar-refractivity contribution is 5.86. The van der Waals surface area contributed by atoms with Crippen molar-refractivity contribution in [1.29, 1.82) is 0 Å². The summed E-state index contributed by atoms with van der Waals surface area (Å²) < 4.78 is 0. The highest BCUT2D eigenvalue weighted by Crippen LogP contribution is 2.56. The SMILES string of the molecule is C.C.C.CC.Cc1ccc2c(c1)C(c1ccccc1)(c1ccccc1)c1cc(C)ccc1-2. The Balaban J connectivity index is 0.000000997. The summed E-state index contributed by atoms with van der Waals surface area (Å²) in [7, 11) is 0. The van der Waals surface area contributed by atoms with Crippen LogP contribution in [0, 0.1) is 13.8 Å². The van der Waals surface area contributed by atoms with Gasteiger partial charge in [0, 0.05) is 0 Å². The first kappa shape index (κ1) is 26.9. The molecule has 0 unspecified atom stereocenters. The molecule has 5 rings (SSSR count). The van der Waals surface area contributed by atoms with Crippen molar-refractivity contribution in [2.24, 2.45) is 0 Å². The Bertz CT molecular complexity index is 1030. The van der Waals surface area contributed by atoms with Crippen molar-refractivity contribution in [3.63, 3.8) is 0 Å². The van der Waals surface area contributed by atoms with Crippen molar-refractivity contribution >= 4 is 0 Å². The number of benzene rings is 4. The molecule has 0 heterocycles. The van der Waals surface area contributed by atoms with Crippen molar-refractivity contribution in [3.8, 4) is 11.1 Å². The Labute approximate surface area is 197 Å². The lowest BCUT2D eigenvalue weighted by Gasteiger charge is -2.34. The number of rotatable bonds is 2. The van der Waals surface area contributed by atoms with Crippen LogP contribution in [0.3, 0.4) is 0 Å². The van der Waals surface area contributed by atoms with E-state index >= 15 is 0 Å². The molecule has 4 aromatic rings. The molecular formula is C32H40. The molecule has 0 aromatic heterocycles. The van der Waals surface area contributed by atoms with Crippen LogP contribution in [0.25, 0.3) is 11.1 Å². The van der Waals surface area contributed by atoms with Gasteiger partial charge in [-0.05, 0) is 47.2 Å². The zero-order chi connectivity index (χ0) is 20.4. The summed E-state index contributed by atoms with van der Waals surface area (Å²) in [5, 5.41) is 0. The molecule has 0 bridgehead atoms. The van der Waals surface area contributed by atoms with Gasteiger partial charge in [0.05, 0.1) is 5.41 Å². The maximum atomic E-state index is 2.38. The average Bonchev–Trinajstić information content (AvgIpc) is 3.06. The molecule has 0 aliphatic heterocycles. The van der Waals surface area contributed by atoms with Gasteiger partial charge < -0.3 is 0 Å². The fourth-order valence-electron chi connectivity index (χ4n) is 4.72. The predicted molar refractivity (Wildman–Crippen MR) is 145 cm³/mol. The van der Waals surface area contributed by atoms with E-state index in [1.165, 1.54) is 44.5 Å². The van der Waals surface area contributed by atoms with E-state index < -0.39 is 0 Å². The number of fused-ring (bicyclic) bond motifs is 3. The van der Waals surface area contributed by atoms with Gasteiger partial charge in [-0.2, -0.15) is 0 Å². The Morgan fingerprint density at radius 2 is 0.812 bits per heavy atom. The molecule has 0 nitrogen and oxygen atoms in total. The van der Waals surface area contributed by atoms with Crippen LogP contribution in [0.2, 0.25) is 0 Å². The zero-order valence-corrected chi connectivity index (χ0v) is 17.7. The van der Waals surface area contributed by atoms with Crippen molar-refractivity contribution in [3.05, 3.63) is 130 Å². The van der Waals surface area contributed by atoms with Crippen molar-refractivity contribution in [2.75, 3.05) is 0 Å². The molecule has 4 aromatic carbocycles. The first-order valence-corrected chi connectivity index (χ1v) is 10.5. The minimum Gasteiger partial charge on any atom is -0.0776 e. The van der Waals surface area contributed by atoms with Gasteiger partial charge in [-0.25, -0.2) is 0 Å². The number of hydrogen-bond acceptors (Lipinski definition) is 0. The van der Waals surface area contributed by atoms with E-state index in [1.807, 2.05) is 13.8 Å². The van der Waals surface area contributed by atoms with Crippen molar-refractivity contribution < 1.29 is 0 Å². The van der Waals surface area contributed by atoms with Crippen LogP contribution in [-0.2, 0) is 5.41 Å². The van der Waals surface area contributed by atoms with Crippen LogP contribution in [0.4, 0.5) is 0 Å². The van der Waals surface area contributed by atoms with Crippen LogP contribution in [0.5, 0.6) is 0 Å². The summed E-state index contributed by atoms with van der Waals surface area (Å²) in [6.45, 7) is 8.38. The quantitative estimate of drug-likeness (QED) is 0.264. The monoisotopic (exact) mass is 424 g/mol. The van der Waals surface area contributed by atoms with Gasteiger partial charge in [-0.1, -0.05) is 144 Å². The van der Waals surface area contributed by atoms with Gasteiger partial charge >= 0.3 is 0 Å². The highest BCUT2D eigenvalue weighted by Gasteiger charge is 2.45. The summed E-state index contributed by atoms with van der Waals surface area (Å²) in [4.78, 5) is 0. The highest BCUT2D eigenvalue weighted by atomic mass is 14.5. The van der Waals surface area contributed by atoms with Gasteiger partial charge in [0.15, 0.2) is 0 Å². The standard InChI is InChI=1S/C27H22.C2H6.3CH4/c1-19-13-15-23-24-16-14-20(2)18-26(24)27(25(23)17-19,21-9-5-3-6-10-21)22-11-7-4-8-12-22;1-2;;;/h3-18H,1-2H3;1-2H3;3*1H4. The molecule has 0 saturated heterocycles. The summed E-state index contributed by atoms with van der Waals surface area (Å²) >= 11 is 0. The first-order chi connectivity index (χ1) is 14.2. The molecule has 32 heavy (non-hydrogen) atoms. The number of aryl methyl sites for hydroxylation is 2. The summed E-state index contributed by atoms with van der Waals surface area (Å²) in [5.41, 5.74) is 10.5. The van der Waals surface area contributed by atoms with Gasteiger partial charge in [0.25, 0.3) is 0 Å². The second-order valence-electron chi connectivity index (χ2n) is 7.58. The van der Waals surface area contributed by atoms with Crippen LogP contribution in [0.1, 0.15) is 69.5 Å². The van der Waals surface area contributed by atoms with Crippen LogP contribution in [0.15, 0.2) is 97.1 Å². The second kappa shape index (κ2) is 11.0. The molecule has 0 radical (unpaired) electrons. The first-order valence-electron chi connectivity index (χ1n) is 10.5. The molecule has 1 aliphatic carbocycles. The topological polar surface area (TPSA) is 0 Å². The van der Waals surface area contributed by atoms with E-state index in [-0.39, 0.29) is 27.7 Å². The minimum atomic E-state index is -0.273. The lowest BCUT2D eigenvalue weighted by Crippen LogP contribution is -2.28. The van der Waals surface area contributed by atoms with Gasteiger partial charge in [-0.3, -0.25) is 0 Å². The molecule has 0 N–H and O–H groups in total. The van der Waals surface area contributed by atoms with Crippen molar-refractivity contribution in [2.45, 2.75) is 55.4 Å². The smallest absolute Gasteiger partial charge is 0.0713 e. The Hall–Kier alpha value is -3.12. The van der Waals surface area contributed by atoms with Gasteiger partial charge in [0.2, 0.25) is 0 Å². The molecule has 0 fully saturated rings. The summed E-state index contributed by atoms with van der Waals surface area (Å²) in [6.07, 6.45) is 0. The van der Waals surface area contributed by atoms with E-state index in [4.69, 9.17) is 0 Å². The minimum absolute atomic E-state index is 0. The van der Waals surface area contributed by atoms with Crippen LogP contribution < -0.4 is 0 Å². The number of hydrogen-bond donors (Lipinski definition) is 0. The third-order valence-corrected chi connectivity index (χ3v) is 5.86. The molecule has 0 saturated carbocycles. The zero-order valence-electron chi connectivity index (χ0n) is 17.7. The predicted octanol–water partition coefficient (Wildman–Crippen LogP) is 9.60. The average molecular weight is 425 g/mol. The summed E-state index contributed by atoms with van der Waals surface area (Å²) in [5.74, 6) is 0. The fourth-order valence-corrected chi connectivity index (χ4v) is 4.72. The maximum Gasteiger partial charge on any atom is 0.0713 e. The van der Waals surface area contributed by atoms with E-state index in [9.17, 15) is 0 Å². The van der Waals surface area contributed by atoms with E-state index in [0.717, 1.165) is 0 Å². The normalized spacial score (nSPS) is 11.9. The fraction of sp³-hybridized carbons (Fsp3) is 0.250. The van der Waals surface area contributed by atoms with Crippen LogP contribution >= 0.6 is 0 Å². The third-order valence-electron chi connectivity index (χ3n) is 5.86. The lowest BCUT2D eigenvalue weighted by molar-refractivity contribution is 0.766. The maximum absolute atomic E-state index is 2.38. The third kappa shape index (κ3) is 4.02. The van der Waals surface area contributed by atoms with E-state index in [0.29, 0.717) is 0 Å².